The predicted molar refractivity (Wildman–Crippen MR) is 92.7 cm³/mol. The molecule has 0 aliphatic carbocycles. The summed E-state index contributed by atoms with van der Waals surface area (Å²) >= 11 is 5.86. The summed E-state index contributed by atoms with van der Waals surface area (Å²) in [5, 5.41) is 8.99. The van der Waals surface area contributed by atoms with Crippen molar-refractivity contribution in [2.24, 2.45) is 0 Å². The molecule has 1 atom stereocenters. The number of benzene rings is 1. The van der Waals surface area contributed by atoms with E-state index in [4.69, 9.17) is 16.7 Å². The van der Waals surface area contributed by atoms with Crippen LogP contribution in [0, 0.1) is 0 Å². The van der Waals surface area contributed by atoms with Gasteiger partial charge < -0.3 is 10.0 Å². The largest absolute Gasteiger partial charge is 0.481 e. The Bertz CT molecular complexity index is 666. The van der Waals surface area contributed by atoms with Crippen LogP contribution < -0.4 is 4.72 Å². The molecule has 1 aromatic rings. The van der Waals surface area contributed by atoms with Gasteiger partial charge in [-0.2, -0.15) is 0 Å². The van der Waals surface area contributed by atoms with E-state index in [1.807, 2.05) is 0 Å². The lowest BCUT2D eigenvalue weighted by Crippen LogP contribution is -2.37. The van der Waals surface area contributed by atoms with Crippen molar-refractivity contribution < 1.29 is 18.3 Å². The standard InChI is InChI=1S/C16H23ClN2O4S/c17-13-5-4-6-15(11-13)24(22,23)18-14-8-10-19(12-14)9-3-1-2-7-16(20)21/h4-6,11,14,18H,1-3,7-10,12H2,(H,20,21). The Labute approximate surface area is 147 Å². The molecule has 1 heterocycles. The Morgan fingerprint density at radius 1 is 1.33 bits per heavy atom. The highest BCUT2D eigenvalue weighted by Gasteiger charge is 2.27. The molecule has 0 saturated carbocycles. The number of carboxylic acids is 1. The van der Waals surface area contributed by atoms with Crippen LogP contribution in [-0.4, -0.2) is 50.1 Å². The Morgan fingerprint density at radius 2 is 2.12 bits per heavy atom. The maximum Gasteiger partial charge on any atom is 0.303 e. The molecule has 8 heteroatoms. The SMILES string of the molecule is O=C(O)CCCCCN1CCC(NS(=O)(=O)c2cccc(Cl)c2)C1. The molecule has 1 aromatic carbocycles. The van der Waals surface area contributed by atoms with Gasteiger partial charge in [-0.3, -0.25) is 4.79 Å². The fraction of sp³-hybridized carbons (Fsp3) is 0.562. The van der Waals surface area contributed by atoms with Crippen molar-refractivity contribution in [1.82, 2.24) is 9.62 Å². The van der Waals surface area contributed by atoms with Crippen molar-refractivity contribution in [2.45, 2.75) is 43.0 Å². The first-order chi connectivity index (χ1) is 11.4. The molecule has 0 radical (unpaired) electrons. The van der Waals surface area contributed by atoms with Gasteiger partial charge in [-0.1, -0.05) is 24.1 Å². The number of aliphatic carboxylic acids is 1. The van der Waals surface area contributed by atoms with E-state index in [0.717, 1.165) is 32.4 Å². The minimum atomic E-state index is -3.55. The van der Waals surface area contributed by atoms with E-state index in [2.05, 4.69) is 9.62 Å². The van der Waals surface area contributed by atoms with E-state index in [9.17, 15) is 13.2 Å². The van der Waals surface area contributed by atoms with Crippen molar-refractivity contribution in [3.8, 4) is 0 Å². The zero-order valence-electron chi connectivity index (χ0n) is 13.4. The van der Waals surface area contributed by atoms with E-state index in [0.29, 0.717) is 18.0 Å². The first kappa shape index (κ1) is 19.2. The van der Waals surface area contributed by atoms with Gasteiger partial charge >= 0.3 is 5.97 Å². The molecule has 0 aromatic heterocycles. The van der Waals surface area contributed by atoms with Gasteiger partial charge in [0.05, 0.1) is 4.90 Å². The smallest absolute Gasteiger partial charge is 0.303 e. The van der Waals surface area contributed by atoms with E-state index in [1.54, 1.807) is 12.1 Å². The van der Waals surface area contributed by atoms with Gasteiger partial charge in [0.25, 0.3) is 0 Å². The van der Waals surface area contributed by atoms with Crippen LogP contribution in [0.4, 0.5) is 0 Å². The van der Waals surface area contributed by atoms with E-state index in [1.165, 1.54) is 12.1 Å². The maximum atomic E-state index is 12.4. The van der Waals surface area contributed by atoms with Crippen LogP contribution in [0.25, 0.3) is 0 Å². The number of nitrogens with one attached hydrogen (secondary N) is 1. The molecule has 134 valence electrons. The van der Waals surface area contributed by atoms with Crippen molar-refractivity contribution >= 4 is 27.6 Å². The molecule has 24 heavy (non-hydrogen) atoms. The molecule has 1 unspecified atom stereocenters. The Balaban J connectivity index is 1.76. The molecule has 1 fully saturated rings. The number of halogens is 1. The lowest BCUT2D eigenvalue weighted by atomic mass is 10.2. The summed E-state index contributed by atoms with van der Waals surface area (Å²) in [7, 11) is -3.55. The van der Waals surface area contributed by atoms with Crippen LogP contribution in [0.15, 0.2) is 29.2 Å². The van der Waals surface area contributed by atoms with Crippen LogP contribution in [0.1, 0.15) is 32.1 Å². The average Bonchev–Trinajstić information content (AvgIpc) is 2.93. The van der Waals surface area contributed by atoms with E-state index in [-0.39, 0.29) is 17.4 Å². The van der Waals surface area contributed by atoms with Crippen LogP contribution in [-0.2, 0) is 14.8 Å². The summed E-state index contributed by atoms with van der Waals surface area (Å²) in [6.07, 6.45) is 3.48. The fourth-order valence-electron chi connectivity index (χ4n) is 2.84. The number of likely N-dealkylation sites (tertiary alicyclic amines) is 1. The molecule has 0 spiro atoms. The summed E-state index contributed by atoms with van der Waals surface area (Å²) in [5.74, 6) is -0.758. The maximum absolute atomic E-state index is 12.4. The van der Waals surface area contributed by atoms with Gasteiger partial charge in [0, 0.05) is 24.0 Å². The van der Waals surface area contributed by atoms with Gasteiger partial charge in [-0.05, 0) is 50.6 Å². The monoisotopic (exact) mass is 374 g/mol. The predicted octanol–water partition coefficient (Wildman–Crippen LogP) is 2.34. The van der Waals surface area contributed by atoms with Crippen LogP contribution in [0.5, 0.6) is 0 Å². The topological polar surface area (TPSA) is 86.7 Å². The summed E-state index contributed by atoms with van der Waals surface area (Å²) in [6.45, 7) is 2.40. The third-order valence-electron chi connectivity index (χ3n) is 4.07. The summed E-state index contributed by atoms with van der Waals surface area (Å²) in [6, 6.07) is 6.13. The number of unbranched alkanes of at least 4 members (excludes halogenated alkanes) is 2. The van der Waals surface area contributed by atoms with Crippen molar-refractivity contribution in [2.75, 3.05) is 19.6 Å². The lowest BCUT2D eigenvalue weighted by molar-refractivity contribution is -0.137. The number of hydrogen-bond acceptors (Lipinski definition) is 4. The second kappa shape index (κ2) is 8.80. The molecule has 0 bridgehead atoms. The molecule has 2 N–H and O–H groups in total. The van der Waals surface area contributed by atoms with Crippen LogP contribution in [0.2, 0.25) is 5.02 Å². The molecule has 1 aliphatic rings. The zero-order chi connectivity index (χ0) is 17.6. The minimum absolute atomic E-state index is 0.104. The van der Waals surface area contributed by atoms with Crippen LogP contribution >= 0.6 is 11.6 Å². The van der Waals surface area contributed by atoms with Gasteiger partial charge in [-0.15, -0.1) is 0 Å². The third kappa shape index (κ3) is 6.05. The number of sulfonamides is 1. The summed E-state index contributed by atoms with van der Waals surface area (Å²) in [5.41, 5.74) is 0. The number of rotatable bonds is 9. The van der Waals surface area contributed by atoms with Crippen molar-refractivity contribution in [1.29, 1.82) is 0 Å². The molecular weight excluding hydrogens is 352 g/mol. The molecule has 1 saturated heterocycles. The number of nitrogens with zero attached hydrogens (tertiary/aromatic N) is 1. The molecule has 1 aliphatic heterocycles. The molecule has 0 amide bonds. The molecule has 6 nitrogen and oxygen atoms in total. The summed E-state index contributed by atoms with van der Waals surface area (Å²) in [4.78, 5) is 12.8. The third-order valence-corrected chi connectivity index (χ3v) is 5.82. The Hall–Kier alpha value is -1.15. The van der Waals surface area contributed by atoms with Gasteiger partial charge in [-0.25, -0.2) is 13.1 Å². The highest BCUT2D eigenvalue weighted by Crippen LogP contribution is 2.18. The number of hydrogen-bond donors (Lipinski definition) is 2. The second-order valence-electron chi connectivity index (χ2n) is 6.07. The first-order valence-electron chi connectivity index (χ1n) is 8.09. The van der Waals surface area contributed by atoms with Gasteiger partial charge in [0.2, 0.25) is 10.0 Å². The highest BCUT2D eigenvalue weighted by atomic mass is 35.5. The van der Waals surface area contributed by atoms with Gasteiger partial charge in [0.1, 0.15) is 0 Å². The lowest BCUT2D eigenvalue weighted by Gasteiger charge is -2.16. The zero-order valence-corrected chi connectivity index (χ0v) is 15.0. The average molecular weight is 375 g/mol. The minimum Gasteiger partial charge on any atom is -0.481 e. The van der Waals surface area contributed by atoms with Crippen molar-refractivity contribution in [3.05, 3.63) is 29.3 Å². The molecular formula is C16H23ClN2O4S. The normalized spacial score (nSPS) is 18.8. The quantitative estimate of drug-likeness (QED) is 0.648. The first-order valence-corrected chi connectivity index (χ1v) is 9.95. The van der Waals surface area contributed by atoms with E-state index >= 15 is 0 Å². The molecule has 2 rings (SSSR count). The Morgan fingerprint density at radius 3 is 2.83 bits per heavy atom. The number of carboxylic acid groups (broad SMARTS) is 1. The van der Waals surface area contributed by atoms with Crippen LogP contribution in [0.3, 0.4) is 0 Å². The van der Waals surface area contributed by atoms with Gasteiger partial charge in [0.15, 0.2) is 0 Å². The second-order valence-corrected chi connectivity index (χ2v) is 8.22. The highest BCUT2D eigenvalue weighted by molar-refractivity contribution is 7.89. The summed E-state index contributed by atoms with van der Waals surface area (Å²) < 4.78 is 27.5. The Kier molecular flexibility index (Phi) is 7.03. The number of carbonyl (C=O) groups is 1. The van der Waals surface area contributed by atoms with Crippen molar-refractivity contribution in [3.63, 3.8) is 0 Å². The van der Waals surface area contributed by atoms with E-state index < -0.39 is 16.0 Å². The fourth-order valence-corrected chi connectivity index (χ4v) is 4.40.